The molecule has 0 unspecified atom stereocenters. The summed E-state index contributed by atoms with van der Waals surface area (Å²) in [6.45, 7) is -0.190. The fraction of sp³-hybridized carbons (Fsp3) is 0.250. The fourth-order valence-corrected chi connectivity index (χ4v) is 3.52. The third-order valence-corrected chi connectivity index (χ3v) is 5.71. The number of halogens is 3. The Balaban J connectivity index is 2.14. The molecule has 2 N–H and O–H groups in total. The Morgan fingerprint density at radius 3 is 2.07 bits per heavy atom. The maximum absolute atomic E-state index is 12.6. The molecule has 27 heavy (non-hydrogen) atoms. The number of hydrogen-bond donors (Lipinski definition) is 1. The summed E-state index contributed by atoms with van der Waals surface area (Å²) in [5.74, 6) is 0. The predicted molar refractivity (Wildman–Crippen MR) is 91.3 cm³/mol. The second-order valence-electron chi connectivity index (χ2n) is 5.76. The van der Waals surface area contributed by atoms with Crippen molar-refractivity contribution in [3.63, 3.8) is 0 Å². The number of benzene rings is 2. The highest BCUT2D eigenvalue weighted by Crippen LogP contribution is 2.30. The van der Waals surface area contributed by atoms with E-state index in [1.54, 1.807) is 0 Å². The zero-order chi connectivity index (χ0) is 20.4. The van der Waals surface area contributed by atoms with E-state index in [1.807, 2.05) is 0 Å². The maximum Gasteiger partial charge on any atom is 0.416 e. The van der Waals surface area contributed by atoms with E-state index in [-0.39, 0.29) is 17.1 Å². The van der Waals surface area contributed by atoms with Gasteiger partial charge in [-0.05, 0) is 29.8 Å². The standard InChI is InChI=1S/C16H16F3N3O4S/c1-21(27(25,26)14-8-6-13(7-9-14)22(23)24)10-15(20)11-2-4-12(5-3-11)16(17,18)19/h2-9,15H,10,20H2,1H3/t15-/m0/s1. The highest BCUT2D eigenvalue weighted by Gasteiger charge is 2.30. The van der Waals surface area contributed by atoms with Gasteiger partial charge in [0.25, 0.3) is 5.69 Å². The highest BCUT2D eigenvalue weighted by molar-refractivity contribution is 7.89. The van der Waals surface area contributed by atoms with Gasteiger partial charge in [0.15, 0.2) is 0 Å². The first-order chi connectivity index (χ1) is 12.4. The lowest BCUT2D eigenvalue weighted by atomic mass is 10.1. The largest absolute Gasteiger partial charge is 0.416 e. The zero-order valence-electron chi connectivity index (χ0n) is 14.1. The second-order valence-corrected chi connectivity index (χ2v) is 7.81. The molecule has 11 heteroatoms. The Hall–Kier alpha value is -2.50. The monoisotopic (exact) mass is 403 g/mol. The number of rotatable bonds is 6. The van der Waals surface area contributed by atoms with Crippen molar-refractivity contribution < 1.29 is 26.5 Å². The first kappa shape index (κ1) is 20.8. The lowest BCUT2D eigenvalue weighted by Crippen LogP contribution is -2.34. The van der Waals surface area contributed by atoms with Gasteiger partial charge in [0.1, 0.15) is 0 Å². The summed E-state index contributed by atoms with van der Waals surface area (Å²) in [6.07, 6.45) is -4.47. The van der Waals surface area contributed by atoms with E-state index >= 15 is 0 Å². The highest BCUT2D eigenvalue weighted by atomic mass is 32.2. The van der Waals surface area contributed by atoms with Crippen molar-refractivity contribution in [2.45, 2.75) is 17.1 Å². The summed E-state index contributed by atoms with van der Waals surface area (Å²) in [6, 6.07) is 7.62. The van der Waals surface area contributed by atoms with Crippen LogP contribution in [0.3, 0.4) is 0 Å². The van der Waals surface area contributed by atoms with Gasteiger partial charge in [0.05, 0.1) is 15.4 Å². The fourth-order valence-electron chi connectivity index (χ4n) is 2.32. The first-order valence-electron chi connectivity index (χ1n) is 7.56. The molecule has 0 spiro atoms. The number of nitrogens with zero attached hydrogens (tertiary/aromatic N) is 2. The summed E-state index contributed by atoms with van der Waals surface area (Å²) in [7, 11) is -2.70. The van der Waals surface area contributed by atoms with Crippen LogP contribution < -0.4 is 5.73 Å². The van der Waals surface area contributed by atoms with Crippen LogP contribution in [0.5, 0.6) is 0 Å². The molecule has 2 aromatic rings. The summed E-state index contributed by atoms with van der Waals surface area (Å²) >= 11 is 0. The van der Waals surface area contributed by atoms with Crippen LogP contribution in [0.15, 0.2) is 53.4 Å². The number of non-ortho nitro benzene ring substituents is 1. The number of sulfonamides is 1. The Morgan fingerprint density at radius 2 is 1.63 bits per heavy atom. The first-order valence-corrected chi connectivity index (χ1v) is 9.00. The summed E-state index contributed by atoms with van der Waals surface area (Å²) in [5, 5.41) is 10.6. The lowest BCUT2D eigenvalue weighted by Gasteiger charge is -2.22. The van der Waals surface area contributed by atoms with Crippen molar-refractivity contribution in [2.75, 3.05) is 13.6 Å². The molecular weight excluding hydrogens is 387 g/mol. The van der Waals surface area contributed by atoms with E-state index in [9.17, 15) is 31.7 Å². The van der Waals surface area contributed by atoms with Crippen LogP contribution >= 0.6 is 0 Å². The van der Waals surface area contributed by atoms with E-state index < -0.39 is 32.7 Å². The van der Waals surface area contributed by atoms with E-state index in [0.29, 0.717) is 5.56 Å². The topological polar surface area (TPSA) is 107 Å². The smallest absolute Gasteiger partial charge is 0.323 e. The summed E-state index contributed by atoms with van der Waals surface area (Å²) < 4.78 is 63.8. The molecule has 146 valence electrons. The van der Waals surface area contributed by atoms with Crippen LogP contribution in [-0.2, 0) is 16.2 Å². The minimum absolute atomic E-state index is 0.157. The van der Waals surface area contributed by atoms with Crippen LogP contribution in [-0.4, -0.2) is 31.2 Å². The number of likely N-dealkylation sites (N-methyl/N-ethyl adjacent to an activating group) is 1. The summed E-state index contributed by atoms with van der Waals surface area (Å²) in [4.78, 5) is 9.83. The van der Waals surface area contributed by atoms with Gasteiger partial charge in [0, 0.05) is 31.8 Å². The van der Waals surface area contributed by atoms with E-state index in [1.165, 1.54) is 19.2 Å². The molecule has 0 aliphatic heterocycles. The minimum Gasteiger partial charge on any atom is -0.323 e. The lowest BCUT2D eigenvalue weighted by molar-refractivity contribution is -0.384. The molecule has 0 fully saturated rings. The third-order valence-electron chi connectivity index (χ3n) is 3.88. The maximum atomic E-state index is 12.6. The molecule has 2 rings (SSSR count). The van der Waals surface area contributed by atoms with Crippen molar-refractivity contribution in [1.29, 1.82) is 0 Å². The van der Waals surface area contributed by atoms with Crippen molar-refractivity contribution in [3.8, 4) is 0 Å². The SMILES string of the molecule is CN(C[C@H](N)c1ccc(C(F)(F)F)cc1)S(=O)(=O)c1ccc([N+](=O)[O-])cc1. The Morgan fingerprint density at radius 1 is 1.11 bits per heavy atom. The number of hydrogen-bond acceptors (Lipinski definition) is 5. The number of alkyl halides is 3. The van der Waals surface area contributed by atoms with Gasteiger partial charge >= 0.3 is 6.18 Å². The van der Waals surface area contributed by atoms with Gasteiger partial charge < -0.3 is 5.73 Å². The second kappa shape index (κ2) is 7.62. The molecule has 0 saturated carbocycles. The Labute approximate surface area is 153 Å². The molecule has 2 aromatic carbocycles. The molecule has 0 amide bonds. The van der Waals surface area contributed by atoms with Gasteiger partial charge in [-0.1, -0.05) is 12.1 Å². The van der Waals surface area contributed by atoms with Crippen LogP contribution in [0.25, 0.3) is 0 Å². The molecule has 0 saturated heterocycles. The number of nitrogens with two attached hydrogens (primary N) is 1. The minimum atomic E-state index is -4.47. The van der Waals surface area contributed by atoms with Crippen LogP contribution in [0, 0.1) is 10.1 Å². The van der Waals surface area contributed by atoms with Gasteiger partial charge in [-0.3, -0.25) is 10.1 Å². The van der Waals surface area contributed by atoms with Crippen molar-refractivity contribution >= 4 is 15.7 Å². The molecule has 0 radical (unpaired) electrons. The third kappa shape index (κ3) is 4.81. The average Bonchev–Trinajstić information content (AvgIpc) is 2.61. The molecule has 1 atom stereocenters. The molecule has 0 heterocycles. The quantitative estimate of drug-likeness (QED) is 0.590. The molecule has 0 aromatic heterocycles. The Bertz CT molecular complexity index is 913. The Kier molecular flexibility index (Phi) is 5.88. The van der Waals surface area contributed by atoms with Crippen molar-refractivity contribution in [3.05, 3.63) is 69.8 Å². The zero-order valence-corrected chi connectivity index (χ0v) is 14.9. The van der Waals surface area contributed by atoms with Gasteiger partial charge in [-0.15, -0.1) is 0 Å². The molecule has 0 bridgehead atoms. The molecular formula is C16H16F3N3O4S. The van der Waals surface area contributed by atoms with Crippen LogP contribution in [0.2, 0.25) is 0 Å². The molecule has 0 aliphatic rings. The van der Waals surface area contributed by atoms with E-state index in [4.69, 9.17) is 5.73 Å². The van der Waals surface area contributed by atoms with Crippen LogP contribution in [0.4, 0.5) is 18.9 Å². The van der Waals surface area contributed by atoms with Gasteiger partial charge in [-0.2, -0.15) is 17.5 Å². The van der Waals surface area contributed by atoms with Crippen LogP contribution in [0.1, 0.15) is 17.2 Å². The predicted octanol–water partition coefficient (Wildman–Crippen LogP) is 2.93. The van der Waals surface area contributed by atoms with Crippen molar-refractivity contribution in [1.82, 2.24) is 4.31 Å². The van der Waals surface area contributed by atoms with Crippen molar-refractivity contribution in [2.24, 2.45) is 5.73 Å². The number of nitro groups is 1. The average molecular weight is 403 g/mol. The van der Waals surface area contributed by atoms with E-state index in [2.05, 4.69) is 0 Å². The van der Waals surface area contributed by atoms with Gasteiger partial charge in [-0.25, -0.2) is 8.42 Å². The normalized spacial score (nSPS) is 13.6. The summed E-state index contributed by atoms with van der Waals surface area (Å²) in [5.41, 5.74) is 5.18. The van der Waals surface area contributed by atoms with E-state index in [0.717, 1.165) is 40.7 Å². The van der Waals surface area contributed by atoms with Gasteiger partial charge in [0.2, 0.25) is 10.0 Å². The number of nitro benzene ring substituents is 1. The molecule has 0 aliphatic carbocycles. The molecule has 7 nitrogen and oxygen atoms in total.